The van der Waals surface area contributed by atoms with E-state index in [1.807, 2.05) is 0 Å². The molecule has 2 aromatic carbocycles. The van der Waals surface area contributed by atoms with Crippen molar-refractivity contribution in [2.24, 2.45) is 0 Å². The molecule has 0 saturated heterocycles. The molecule has 0 amide bonds. The maximum atomic E-state index is 13.5. The van der Waals surface area contributed by atoms with Gasteiger partial charge in [0, 0.05) is 5.69 Å². The van der Waals surface area contributed by atoms with Crippen LogP contribution in [-0.2, 0) is 0 Å². The minimum absolute atomic E-state index is 0.0255. The van der Waals surface area contributed by atoms with Crippen LogP contribution in [0.25, 0.3) is 0 Å². The standard InChI is InChI=1S/C13H9F3N2O2/c14-8-3-4-9(12(16)11(8)15)18-10-5-6(17)1-2-7(10)13(19)20/h1-5,18H,17H2,(H,19,20). The van der Waals surface area contributed by atoms with Gasteiger partial charge in [0.1, 0.15) is 0 Å². The Morgan fingerprint density at radius 3 is 2.40 bits per heavy atom. The number of nitrogens with one attached hydrogen (secondary N) is 1. The van der Waals surface area contributed by atoms with E-state index in [2.05, 4.69) is 5.32 Å². The summed E-state index contributed by atoms with van der Waals surface area (Å²) in [6.07, 6.45) is 0. The van der Waals surface area contributed by atoms with Crippen LogP contribution in [0.5, 0.6) is 0 Å². The molecule has 0 aromatic heterocycles. The number of carboxylic acids is 1. The summed E-state index contributed by atoms with van der Waals surface area (Å²) in [5.74, 6) is -5.69. The lowest BCUT2D eigenvalue weighted by Crippen LogP contribution is -2.05. The second kappa shape index (κ2) is 5.12. The highest BCUT2D eigenvalue weighted by Gasteiger charge is 2.16. The number of hydrogen-bond acceptors (Lipinski definition) is 3. The molecule has 0 fully saturated rings. The number of carbonyl (C=O) groups is 1. The van der Waals surface area contributed by atoms with Crippen LogP contribution >= 0.6 is 0 Å². The average Bonchev–Trinajstić information content (AvgIpc) is 2.39. The Morgan fingerprint density at radius 1 is 1.05 bits per heavy atom. The van der Waals surface area contributed by atoms with Crippen LogP contribution in [0, 0.1) is 17.5 Å². The molecule has 0 radical (unpaired) electrons. The Bertz CT molecular complexity index is 690. The number of anilines is 3. The van der Waals surface area contributed by atoms with Gasteiger partial charge in [-0.3, -0.25) is 0 Å². The van der Waals surface area contributed by atoms with Gasteiger partial charge in [-0.05, 0) is 30.3 Å². The molecule has 0 atom stereocenters. The lowest BCUT2D eigenvalue weighted by Gasteiger charge is -2.11. The van der Waals surface area contributed by atoms with Crippen molar-refractivity contribution in [2.75, 3.05) is 11.1 Å². The monoisotopic (exact) mass is 282 g/mol. The van der Waals surface area contributed by atoms with Gasteiger partial charge in [-0.25, -0.2) is 18.0 Å². The van der Waals surface area contributed by atoms with Crippen LogP contribution < -0.4 is 11.1 Å². The van der Waals surface area contributed by atoms with Crippen molar-refractivity contribution >= 4 is 23.0 Å². The highest BCUT2D eigenvalue weighted by molar-refractivity contribution is 5.96. The Morgan fingerprint density at radius 2 is 1.75 bits per heavy atom. The Hall–Kier alpha value is -2.70. The molecular weight excluding hydrogens is 273 g/mol. The molecule has 0 aliphatic rings. The summed E-state index contributed by atoms with van der Waals surface area (Å²) in [7, 11) is 0. The molecule has 0 saturated carbocycles. The normalized spacial score (nSPS) is 10.3. The zero-order chi connectivity index (χ0) is 14.9. The fourth-order valence-electron chi connectivity index (χ4n) is 1.62. The molecular formula is C13H9F3N2O2. The Balaban J connectivity index is 2.47. The van der Waals surface area contributed by atoms with Gasteiger partial charge >= 0.3 is 5.97 Å². The molecule has 0 spiro atoms. The minimum atomic E-state index is -1.64. The number of carboxylic acid groups (broad SMARTS) is 1. The van der Waals surface area contributed by atoms with Crippen molar-refractivity contribution in [2.45, 2.75) is 0 Å². The highest BCUT2D eigenvalue weighted by Crippen LogP contribution is 2.27. The van der Waals surface area contributed by atoms with E-state index < -0.39 is 29.1 Å². The smallest absolute Gasteiger partial charge is 0.337 e. The van der Waals surface area contributed by atoms with Crippen molar-refractivity contribution in [3.63, 3.8) is 0 Å². The van der Waals surface area contributed by atoms with Gasteiger partial charge in [-0.15, -0.1) is 0 Å². The minimum Gasteiger partial charge on any atom is -0.478 e. The SMILES string of the molecule is Nc1ccc(C(=O)O)c(Nc2ccc(F)c(F)c2F)c1. The van der Waals surface area contributed by atoms with E-state index >= 15 is 0 Å². The first kappa shape index (κ1) is 13.7. The van der Waals surface area contributed by atoms with Crippen molar-refractivity contribution in [3.05, 3.63) is 53.3 Å². The summed E-state index contributed by atoms with van der Waals surface area (Å²) in [6, 6.07) is 5.52. The number of halogens is 3. The predicted molar refractivity (Wildman–Crippen MR) is 67.4 cm³/mol. The molecule has 20 heavy (non-hydrogen) atoms. The number of aromatic carboxylic acids is 1. The van der Waals surface area contributed by atoms with E-state index in [0.29, 0.717) is 0 Å². The predicted octanol–water partition coefficient (Wildman–Crippen LogP) is 3.13. The Kier molecular flexibility index (Phi) is 3.51. The van der Waals surface area contributed by atoms with E-state index in [-0.39, 0.29) is 16.9 Å². The summed E-state index contributed by atoms with van der Waals surface area (Å²) in [6.45, 7) is 0. The summed E-state index contributed by atoms with van der Waals surface area (Å²) in [4.78, 5) is 11.0. The van der Waals surface area contributed by atoms with Gasteiger partial charge < -0.3 is 16.2 Å². The van der Waals surface area contributed by atoms with Gasteiger partial charge in [0.2, 0.25) is 0 Å². The van der Waals surface area contributed by atoms with Gasteiger partial charge in [0.15, 0.2) is 17.5 Å². The number of nitrogens with two attached hydrogens (primary N) is 1. The maximum Gasteiger partial charge on any atom is 0.337 e. The van der Waals surface area contributed by atoms with Crippen LogP contribution in [0.2, 0.25) is 0 Å². The summed E-state index contributed by atoms with van der Waals surface area (Å²) >= 11 is 0. The van der Waals surface area contributed by atoms with Gasteiger partial charge in [-0.1, -0.05) is 0 Å². The van der Waals surface area contributed by atoms with E-state index in [4.69, 9.17) is 10.8 Å². The number of benzene rings is 2. The first-order valence-electron chi connectivity index (χ1n) is 5.43. The zero-order valence-electron chi connectivity index (χ0n) is 9.95. The third-order valence-corrected chi connectivity index (χ3v) is 2.58. The van der Waals surface area contributed by atoms with Crippen LogP contribution in [0.3, 0.4) is 0 Å². The fourth-order valence-corrected chi connectivity index (χ4v) is 1.62. The summed E-state index contributed by atoms with van der Waals surface area (Å²) in [5.41, 5.74) is 5.15. The number of hydrogen-bond donors (Lipinski definition) is 3. The van der Waals surface area contributed by atoms with Crippen molar-refractivity contribution in [1.29, 1.82) is 0 Å². The molecule has 2 aromatic rings. The van der Waals surface area contributed by atoms with E-state index in [0.717, 1.165) is 12.1 Å². The molecule has 0 unspecified atom stereocenters. The largest absolute Gasteiger partial charge is 0.478 e. The Labute approximate surface area is 111 Å². The summed E-state index contributed by atoms with van der Waals surface area (Å²) < 4.78 is 39.4. The molecule has 0 aliphatic carbocycles. The van der Waals surface area contributed by atoms with Gasteiger partial charge in [-0.2, -0.15) is 0 Å². The van der Waals surface area contributed by atoms with Crippen molar-refractivity contribution in [3.8, 4) is 0 Å². The molecule has 104 valence electrons. The van der Waals surface area contributed by atoms with E-state index in [1.165, 1.54) is 18.2 Å². The fraction of sp³-hybridized carbons (Fsp3) is 0. The second-order valence-electron chi connectivity index (χ2n) is 3.96. The van der Waals surface area contributed by atoms with Crippen molar-refractivity contribution < 1.29 is 23.1 Å². The van der Waals surface area contributed by atoms with Crippen LogP contribution in [-0.4, -0.2) is 11.1 Å². The number of nitrogen functional groups attached to an aromatic ring is 1. The first-order valence-corrected chi connectivity index (χ1v) is 5.43. The third kappa shape index (κ3) is 2.51. The molecule has 0 aliphatic heterocycles. The third-order valence-electron chi connectivity index (χ3n) is 2.58. The van der Waals surface area contributed by atoms with Crippen LogP contribution in [0.15, 0.2) is 30.3 Å². The van der Waals surface area contributed by atoms with Crippen molar-refractivity contribution in [1.82, 2.24) is 0 Å². The first-order chi connectivity index (χ1) is 9.40. The topological polar surface area (TPSA) is 75.4 Å². The average molecular weight is 282 g/mol. The second-order valence-corrected chi connectivity index (χ2v) is 3.96. The van der Waals surface area contributed by atoms with E-state index in [1.54, 1.807) is 0 Å². The summed E-state index contributed by atoms with van der Waals surface area (Å²) in [5, 5.41) is 11.4. The maximum absolute atomic E-state index is 13.5. The van der Waals surface area contributed by atoms with Crippen LogP contribution in [0.1, 0.15) is 10.4 Å². The van der Waals surface area contributed by atoms with Gasteiger partial charge in [0.05, 0.1) is 16.9 Å². The molecule has 4 N–H and O–H groups in total. The molecule has 7 heteroatoms. The molecule has 0 bridgehead atoms. The molecule has 2 rings (SSSR count). The van der Waals surface area contributed by atoms with Crippen LogP contribution in [0.4, 0.5) is 30.2 Å². The van der Waals surface area contributed by atoms with Gasteiger partial charge in [0.25, 0.3) is 0 Å². The van der Waals surface area contributed by atoms with E-state index in [9.17, 15) is 18.0 Å². The molecule has 4 nitrogen and oxygen atoms in total. The zero-order valence-corrected chi connectivity index (χ0v) is 9.95. The number of rotatable bonds is 3. The quantitative estimate of drug-likeness (QED) is 0.597. The lowest BCUT2D eigenvalue weighted by atomic mass is 10.1. The highest BCUT2D eigenvalue weighted by atomic mass is 19.2. The lowest BCUT2D eigenvalue weighted by molar-refractivity contribution is 0.0698. The molecule has 0 heterocycles.